The highest BCUT2D eigenvalue weighted by atomic mass is 16.5. The van der Waals surface area contributed by atoms with E-state index in [1.54, 1.807) is 0 Å². The Hall–Kier alpha value is -1.16. The summed E-state index contributed by atoms with van der Waals surface area (Å²) in [4.78, 5) is 9.16. The van der Waals surface area contributed by atoms with Gasteiger partial charge in [-0.1, -0.05) is 6.92 Å². The molecule has 0 radical (unpaired) electrons. The van der Waals surface area contributed by atoms with Gasteiger partial charge in [0.2, 0.25) is 0 Å². The number of rotatable bonds is 5. The van der Waals surface area contributed by atoms with Crippen LogP contribution in [-0.2, 0) is 16.8 Å². The number of hydrogen-bond donors (Lipinski definition) is 1. The summed E-state index contributed by atoms with van der Waals surface area (Å²) < 4.78 is 5.70. The number of nitrogens with zero attached hydrogens (tertiary/aromatic N) is 2. The van der Waals surface area contributed by atoms with E-state index >= 15 is 0 Å². The van der Waals surface area contributed by atoms with Crippen molar-refractivity contribution in [1.82, 2.24) is 9.97 Å². The van der Waals surface area contributed by atoms with Crippen LogP contribution in [0.3, 0.4) is 0 Å². The molecule has 0 aromatic carbocycles. The highest BCUT2D eigenvalue weighted by Crippen LogP contribution is 2.25. The first-order valence-corrected chi connectivity index (χ1v) is 6.15. The van der Waals surface area contributed by atoms with Crippen molar-refractivity contribution in [1.29, 1.82) is 0 Å². The molecule has 1 heterocycles. The fourth-order valence-corrected chi connectivity index (χ4v) is 1.85. The molecule has 0 aliphatic rings. The van der Waals surface area contributed by atoms with Gasteiger partial charge >= 0.3 is 0 Å². The van der Waals surface area contributed by atoms with Crippen LogP contribution in [0.25, 0.3) is 0 Å². The minimum absolute atomic E-state index is 0.446. The molecule has 0 aliphatic carbocycles. The van der Waals surface area contributed by atoms with Crippen LogP contribution >= 0.6 is 0 Å². The third-order valence-electron chi connectivity index (χ3n) is 2.86. The Morgan fingerprint density at radius 3 is 2.35 bits per heavy atom. The molecule has 0 amide bonds. The molecule has 0 atom stereocenters. The predicted molar refractivity (Wildman–Crippen MR) is 70.3 cm³/mol. The molecule has 0 saturated heterocycles. The van der Waals surface area contributed by atoms with Crippen LogP contribution < -0.4 is 5.32 Å². The highest BCUT2D eigenvalue weighted by molar-refractivity contribution is 5.45. The largest absolute Gasteiger partial charge is 0.373 e. The zero-order valence-electron chi connectivity index (χ0n) is 11.7. The molecule has 17 heavy (non-hydrogen) atoms. The second-order valence-corrected chi connectivity index (χ2v) is 4.51. The van der Waals surface area contributed by atoms with Crippen LogP contribution in [-0.4, -0.2) is 23.6 Å². The quantitative estimate of drug-likeness (QED) is 0.855. The van der Waals surface area contributed by atoms with E-state index in [0.29, 0.717) is 6.61 Å². The van der Waals surface area contributed by atoms with Crippen LogP contribution in [0.2, 0.25) is 0 Å². The molecule has 96 valence electrons. The maximum absolute atomic E-state index is 5.70. The topological polar surface area (TPSA) is 47.0 Å². The highest BCUT2D eigenvalue weighted by Gasteiger charge is 2.26. The van der Waals surface area contributed by atoms with Crippen LogP contribution in [0.1, 0.15) is 44.8 Å². The third-order valence-corrected chi connectivity index (χ3v) is 2.86. The number of nitrogens with one attached hydrogen (secondary N) is 1. The summed E-state index contributed by atoms with van der Waals surface area (Å²) >= 11 is 0. The van der Waals surface area contributed by atoms with Gasteiger partial charge in [-0.25, -0.2) is 9.97 Å². The van der Waals surface area contributed by atoms with Crippen LogP contribution in [0.15, 0.2) is 0 Å². The van der Waals surface area contributed by atoms with Crippen LogP contribution in [0, 0.1) is 6.92 Å². The monoisotopic (exact) mass is 237 g/mol. The van der Waals surface area contributed by atoms with E-state index in [4.69, 9.17) is 4.74 Å². The Morgan fingerprint density at radius 2 is 1.88 bits per heavy atom. The van der Waals surface area contributed by atoms with Gasteiger partial charge in [-0.2, -0.15) is 0 Å². The maximum atomic E-state index is 5.70. The van der Waals surface area contributed by atoms with E-state index in [1.165, 1.54) is 0 Å². The van der Waals surface area contributed by atoms with E-state index in [-0.39, 0.29) is 0 Å². The first-order chi connectivity index (χ1) is 7.96. The summed E-state index contributed by atoms with van der Waals surface area (Å²) in [7, 11) is 1.88. The van der Waals surface area contributed by atoms with Crippen LogP contribution in [0.4, 0.5) is 5.82 Å². The average molecular weight is 237 g/mol. The molecule has 1 N–H and O–H groups in total. The van der Waals surface area contributed by atoms with Gasteiger partial charge in [-0.05, 0) is 34.1 Å². The Labute approximate surface area is 104 Å². The molecule has 1 rings (SSSR count). The second-order valence-electron chi connectivity index (χ2n) is 4.51. The summed E-state index contributed by atoms with van der Waals surface area (Å²) in [5, 5.41) is 3.12. The average Bonchev–Trinajstić information content (AvgIpc) is 2.29. The Kier molecular flexibility index (Phi) is 4.46. The predicted octanol–water partition coefficient (Wildman–Crippen LogP) is 2.66. The lowest BCUT2D eigenvalue weighted by Gasteiger charge is -2.24. The van der Waals surface area contributed by atoms with E-state index in [0.717, 1.165) is 29.3 Å². The molecule has 1 aromatic heterocycles. The Morgan fingerprint density at radius 1 is 1.24 bits per heavy atom. The SMILES string of the molecule is CCOC(C)(C)c1nc(CC)c(C)c(NC)n1. The third kappa shape index (κ3) is 2.94. The summed E-state index contributed by atoms with van der Waals surface area (Å²) in [6.07, 6.45) is 0.901. The van der Waals surface area contributed by atoms with Gasteiger partial charge in [-0.15, -0.1) is 0 Å². The Balaban J connectivity index is 3.26. The molecule has 1 aromatic rings. The standard InChI is InChI=1S/C13H23N3O/c1-7-10-9(3)11(14-6)16-12(15-10)13(4,5)17-8-2/h7-8H2,1-6H3,(H,14,15,16). The van der Waals surface area contributed by atoms with Gasteiger partial charge in [-0.3, -0.25) is 0 Å². The van der Waals surface area contributed by atoms with Crippen molar-refractivity contribution >= 4 is 5.82 Å². The number of anilines is 1. The molecular formula is C13H23N3O. The molecule has 4 heteroatoms. The van der Waals surface area contributed by atoms with Crippen molar-refractivity contribution in [2.24, 2.45) is 0 Å². The van der Waals surface area contributed by atoms with Crippen molar-refractivity contribution in [3.8, 4) is 0 Å². The summed E-state index contributed by atoms with van der Waals surface area (Å²) in [5.41, 5.74) is 1.75. The molecule has 0 bridgehead atoms. The lowest BCUT2D eigenvalue weighted by atomic mass is 10.1. The van der Waals surface area contributed by atoms with Gasteiger partial charge in [0.1, 0.15) is 11.4 Å². The minimum atomic E-state index is -0.446. The first-order valence-electron chi connectivity index (χ1n) is 6.15. The first kappa shape index (κ1) is 13.9. The zero-order chi connectivity index (χ0) is 13.1. The van der Waals surface area contributed by atoms with Crippen molar-refractivity contribution in [2.75, 3.05) is 19.0 Å². The zero-order valence-corrected chi connectivity index (χ0v) is 11.7. The van der Waals surface area contributed by atoms with Gasteiger partial charge in [0.15, 0.2) is 5.82 Å². The van der Waals surface area contributed by atoms with Crippen molar-refractivity contribution in [2.45, 2.75) is 46.6 Å². The van der Waals surface area contributed by atoms with Crippen LogP contribution in [0.5, 0.6) is 0 Å². The number of aryl methyl sites for hydroxylation is 1. The lowest BCUT2D eigenvalue weighted by molar-refractivity contribution is -0.0208. The summed E-state index contributed by atoms with van der Waals surface area (Å²) in [6, 6.07) is 0. The molecule has 0 fully saturated rings. The van der Waals surface area contributed by atoms with Gasteiger partial charge in [0, 0.05) is 24.9 Å². The summed E-state index contributed by atoms with van der Waals surface area (Å²) in [6.45, 7) is 10.8. The minimum Gasteiger partial charge on any atom is -0.373 e. The molecule has 4 nitrogen and oxygen atoms in total. The van der Waals surface area contributed by atoms with Gasteiger partial charge in [0.05, 0.1) is 0 Å². The second kappa shape index (κ2) is 5.45. The van der Waals surface area contributed by atoms with Crippen molar-refractivity contribution < 1.29 is 4.74 Å². The van der Waals surface area contributed by atoms with E-state index in [9.17, 15) is 0 Å². The van der Waals surface area contributed by atoms with Crippen molar-refractivity contribution in [3.05, 3.63) is 17.1 Å². The molecule has 0 unspecified atom stereocenters. The number of hydrogen-bond acceptors (Lipinski definition) is 4. The summed E-state index contributed by atoms with van der Waals surface area (Å²) in [5.74, 6) is 1.63. The van der Waals surface area contributed by atoms with E-state index in [2.05, 4.69) is 22.2 Å². The fraction of sp³-hybridized carbons (Fsp3) is 0.692. The maximum Gasteiger partial charge on any atom is 0.162 e. The van der Waals surface area contributed by atoms with Gasteiger partial charge < -0.3 is 10.1 Å². The molecule has 0 aliphatic heterocycles. The Bertz CT molecular complexity index is 363. The van der Waals surface area contributed by atoms with E-state index < -0.39 is 5.60 Å². The number of aromatic nitrogens is 2. The van der Waals surface area contributed by atoms with E-state index in [1.807, 2.05) is 34.7 Å². The molecular weight excluding hydrogens is 214 g/mol. The van der Waals surface area contributed by atoms with Gasteiger partial charge in [0.25, 0.3) is 0 Å². The normalized spacial score (nSPS) is 11.6. The number of ether oxygens (including phenoxy) is 1. The lowest BCUT2D eigenvalue weighted by Crippen LogP contribution is -2.26. The molecule has 0 saturated carbocycles. The van der Waals surface area contributed by atoms with Crippen molar-refractivity contribution in [3.63, 3.8) is 0 Å². The smallest absolute Gasteiger partial charge is 0.162 e. The molecule has 0 spiro atoms. The fourth-order valence-electron chi connectivity index (χ4n) is 1.85.